The topological polar surface area (TPSA) is 91.7 Å². The number of ether oxygens (including phenoxy) is 3. The molecule has 0 aromatic carbocycles. The summed E-state index contributed by atoms with van der Waals surface area (Å²) in [6, 6.07) is 0. The van der Waals surface area contributed by atoms with Gasteiger partial charge < -0.3 is 19.5 Å². The van der Waals surface area contributed by atoms with Gasteiger partial charge in [0, 0.05) is 7.05 Å². The van der Waals surface area contributed by atoms with Crippen LogP contribution in [0.5, 0.6) is 5.88 Å². The molecule has 8 nitrogen and oxygen atoms in total. The second-order valence-corrected chi connectivity index (χ2v) is 5.48. The lowest BCUT2D eigenvalue weighted by atomic mass is 10.2. The zero-order valence-corrected chi connectivity index (χ0v) is 13.6. The lowest BCUT2D eigenvalue weighted by molar-refractivity contribution is 0.0501. The first-order valence-corrected chi connectivity index (χ1v) is 7.03. The molecule has 1 aromatic rings. The monoisotopic (exact) mass is 313 g/mol. The molecule has 1 amide bonds. The summed E-state index contributed by atoms with van der Waals surface area (Å²) in [6.07, 6.45) is 0.862. The number of rotatable bonds is 6. The quantitative estimate of drug-likeness (QED) is 0.632. The predicted molar refractivity (Wildman–Crippen MR) is 78.9 cm³/mol. The van der Waals surface area contributed by atoms with Gasteiger partial charge in [-0.1, -0.05) is 0 Å². The summed E-state index contributed by atoms with van der Waals surface area (Å²) >= 11 is 0. The molecule has 22 heavy (non-hydrogen) atoms. The average molecular weight is 313 g/mol. The number of aromatic nitrogens is 2. The van der Waals surface area contributed by atoms with Crippen molar-refractivity contribution >= 4 is 12.1 Å². The van der Waals surface area contributed by atoms with Crippen molar-refractivity contribution in [3.8, 4) is 5.88 Å². The van der Waals surface area contributed by atoms with E-state index in [4.69, 9.17) is 14.2 Å². The van der Waals surface area contributed by atoms with Gasteiger partial charge in [0.1, 0.15) is 17.8 Å². The van der Waals surface area contributed by atoms with Crippen LogP contribution in [-0.4, -0.2) is 47.2 Å². The number of amides is 1. The van der Waals surface area contributed by atoms with Crippen LogP contribution in [0, 0.1) is 0 Å². The summed E-state index contributed by atoms with van der Waals surface area (Å²) < 4.78 is 16.9. The fraction of sp³-hybridized carbons (Fsp3) is 0.643. The Kier molecular flexibility index (Phi) is 6.21. The van der Waals surface area contributed by atoms with Gasteiger partial charge in [-0.05, 0) is 27.7 Å². The Balaban J connectivity index is 2.47. The molecule has 0 radical (unpaired) electrons. The van der Waals surface area contributed by atoms with E-state index in [0.717, 1.165) is 0 Å². The summed E-state index contributed by atoms with van der Waals surface area (Å²) in [5.74, 6) is -0.199. The first-order chi connectivity index (χ1) is 10.2. The molecular weight excluding hydrogens is 290 g/mol. The SMILES string of the molecule is CCOC(=O)c1cnn(C)c1OCCNC(=O)OC(C)(C)C. The van der Waals surface area contributed by atoms with Crippen molar-refractivity contribution in [2.45, 2.75) is 33.3 Å². The van der Waals surface area contributed by atoms with Crippen LogP contribution in [0.1, 0.15) is 38.1 Å². The summed E-state index contributed by atoms with van der Waals surface area (Å²) in [5, 5.41) is 6.52. The van der Waals surface area contributed by atoms with E-state index in [9.17, 15) is 9.59 Å². The van der Waals surface area contributed by atoms with E-state index in [-0.39, 0.29) is 25.3 Å². The molecule has 1 rings (SSSR count). The van der Waals surface area contributed by atoms with Gasteiger partial charge in [0.25, 0.3) is 0 Å². The lowest BCUT2D eigenvalue weighted by Gasteiger charge is -2.19. The number of hydrogen-bond donors (Lipinski definition) is 1. The van der Waals surface area contributed by atoms with E-state index in [1.54, 1.807) is 34.7 Å². The van der Waals surface area contributed by atoms with Crippen molar-refractivity contribution in [2.24, 2.45) is 7.05 Å². The molecule has 1 heterocycles. The third-order valence-electron chi connectivity index (χ3n) is 2.39. The molecule has 8 heteroatoms. The molecular formula is C14H23N3O5. The Hall–Kier alpha value is -2.25. The van der Waals surface area contributed by atoms with Gasteiger partial charge >= 0.3 is 12.1 Å². The van der Waals surface area contributed by atoms with Gasteiger partial charge in [-0.2, -0.15) is 5.10 Å². The van der Waals surface area contributed by atoms with Crippen molar-refractivity contribution in [1.82, 2.24) is 15.1 Å². The fourth-order valence-electron chi connectivity index (χ4n) is 1.56. The Bertz CT molecular complexity index is 519. The Labute approximate surface area is 129 Å². The Morgan fingerprint density at radius 2 is 2.05 bits per heavy atom. The van der Waals surface area contributed by atoms with Crippen molar-refractivity contribution < 1.29 is 23.8 Å². The number of carbonyl (C=O) groups excluding carboxylic acids is 2. The number of nitrogens with one attached hydrogen (secondary N) is 1. The number of nitrogens with zero attached hydrogens (tertiary/aromatic N) is 2. The minimum atomic E-state index is -0.552. The van der Waals surface area contributed by atoms with Crippen LogP contribution < -0.4 is 10.1 Å². The number of hydrogen-bond acceptors (Lipinski definition) is 6. The highest BCUT2D eigenvalue weighted by Crippen LogP contribution is 2.17. The molecule has 0 atom stereocenters. The first-order valence-electron chi connectivity index (χ1n) is 7.03. The summed E-state index contributed by atoms with van der Waals surface area (Å²) in [4.78, 5) is 23.2. The van der Waals surface area contributed by atoms with Gasteiger partial charge in [0.2, 0.25) is 5.88 Å². The fourth-order valence-corrected chi connectivity index (χ4v) is 1.56. The average Bonchev–Trinajstić information content (AvgIpc) is 2.74. The maximum Gasteiger partial charge on any atom is 0.407 e. The smallest absolute Gasteiger partial charge is 0.407 e. The second-order valence-electron chi connectivity index (χ2n) is 5.48. The van der Waals surface area contributed by atoms with Crippen LogP contribution in [0.3, 0.4) is 0 Å². The maximum atomic E-state index is 11.7. The van der Waals surface area contributed by atoms with Crippen LogP contribution in [0.15, 0.2) is 6.20 Å². The second kappa shape index (κ2) is 7.67. The number of alkyl carbamates (subject to hydrolysis) is 1. The van der Waals surface area contributed by atoms with Crippen molar-refractivity contribution in [1.29, 1.82) is 0 Å². The van der Waals surface area contributed by atoms with Crippen LogP contribution in [0.4, 0.5) is 4.79 Å². The van der Waals surface area contributed by atoms with E-state index in [1.807, 2.05) is 0 Å². The third kappa shape index (κ3) is 5.63. The van der Waals surface area contributed by atoms with Crippen molar-refractivity contribution in [3.05, 3.63) is 11.8 Å². The van der Waals surface area contributed by atoms with Gasteiger partial charge in [-0.15, -0.1) is 0 Å². The molecule has 0 saturated carbocycles. The molecule has 0 unspecified atom stereocenters. The molecule has 0 spiro atoms. The Morgan fingerprint density at radius 3 is 2.64 bits per heavy atom. The molecule has 0 aliphatic rings. The highest BCUT2D eigenvalue weighted by molar-refractivity contribution is 5.91. The number of esters is 1. The van der Waals surface area contributed by atoms with E-state index < -0.39 is 17.7 Å². The molecule has 0 bridgehead atoms. The highest BCUT2D eigenvalue weighted by Gasteiger charge is 2.19. The third-order valence-corrected chi connectivity index (χ3v) is 2.39. The van der Waals surface area contributed by atoms with Gasteiger partial charge in [-0.25, -0.2) is 14.3 Å². The van der Waals surface area contributed by atoms with Crippen LogP contribution in [0.25, 0.3) is 0 Å². The van der Waals surface area contributed by atoms with Gasteiger partial charge in [-0.3, -0.25) is 0 Å². The molecule has 0 fully saturated rings. The largest absolute Gasteiger partial charge is 0.475 e. The summed E-state index contributed by atoms with van der Waals surface area (Å²) in [6.45, 7) is 7.75. The maximum absolute atomic E-state index is 11.7. The van der Waals surface area contributed by atoms with Gasteiger partial charge in [0.05, 0.1) is 19.3 Å². The lowest BCUT2D eigenvalue weighted by Crippen LogP contribution is -2.34. The molecule has 0 aliphatic carbocycles. The molecule has 0 aliphatic heterocycles. The zero-order valence-electron chi connectivity index (χ0n) is 13.6. The molecule has 0 saturated heterocycles. The van der Waals surface area contributed by atoms with Crippen molar-refractivity contribution in [2.75, 3.05) is 19.8 Å². The van der Waals surface area contributed by atoms with Crippen LogP contribution >= 0.6 is 0 Å². The summed E-state index contributed by atoms with van der Waals surface area (Å²) in [7, 11) is 1.65. The minimum Gasteiger partial charge on any atom is -0.475 e. The molecule has 124 valence electrons. The standard InChI is InChI=1S/C14H23N3O5/c1-6-20-12(18)10-9-16-17(5)11(10)21-8-7-15-13(19)22-14(2,3)4/h9H,6-8H2,1-5H3,(H,15,19). The molecule has 1 aromatic heterocycles. The predicted octanol–water partition coefficient (Wildman–Crippen LogP) is 1.50. The van der Waals surface area contributed by atoms with E-state index in [1.165, 1.54) is 10.9 Å². The minimum absolute atomic E-state index is 0.172. The van der Waals surface area contributed by atoms with Crippen molar-refractivity contribution in [3.63, 3.8) is 0 Å². The number of carbonyl (C=O) groups is 2. The van der Waals surface area contributed by atoms with Crippen LogP contribution in [0.2, 0.25) is 0 Å². The van der Waals surface area contributed by atoms with E-state index in [2.05, 4.69) is 10.4 Å². The summed E-state index contributed by atoms with van der Waals surface area (Å²) in [5.41, 5.74) is -0.300. The highest BCUT2D eigenvalue weighted by atomic mass is 16.6. The number of aryl methyl sites for hydroxylation is 1. The van der Waals surface area contributed by atoms with E-state index >= 15 is 0 Å². The first kappa shape index (κ1) is 17.8. The van der Waals surface area contributed by atoms with Gasteiger partial charge in [0.15, 0.2) is 0 Å². The Morgan fingerprint density at radius 1 is 1.36 bits per heavy atom. The molecule has 1 N–H and O–H groups in total. The normalized spacial score (nSPS) is 11.0. The van der Waals surface area contributed by atoms with Crippen LogP contribution in [-0.2, 0) is 16.5 Å². The van der Waals surface area contributed by atoms with E-state index in [0.29, 0.717) is 5.88 Å². The zero-order chi connectivity index (χ0) is 16.8.